The Kier molecular flexibility index (Phi) is 4.14. The Morgan fingerprint density at radius 3 is 2.56 bits per heavy atom. The maximum Gasteiger partial charge on any atom is 0.305 e. The summed E-state index contributed by atoms with van der Waals surface area (Å²) in [6.07, 6.45) is 1.78. The predicted octanol–water partition coefficient (Wildman–Crippen LogP) is 3.13. The Morgan fingerprint density at radius 2 is 2.11 bits per heavy atom. The molecular weight excluding hydrogens is 297 g/mol. The molecule has 18 heavy (non-hydrogen) atoms. The smallest absolute Gasteiger partial charge is 0.305 e. The van der Waals surface area contributed by atoms with Crippen LogP contribution >= 0.6 is 34.5 Å². The first-order chi connectivity index (χ1) is 8.49. The fraction of sp³-hybridized carbons (Fsp3) is 0.455. The summed E-state index contributed by atoms with van der Waals surface area (Å²) in [5.74, 6) is -1.14. The van der Waals surface area contributed by atoms with Gasteiger partial charge >= 0.3 is 5.97 Å². The van der Waals surface area contributed by atoms with Crippen molar-refractivity contribution in [3.05, 3.63) is 20.3 Å². The summed E-state index contributed by atoms with van der Waals surface area (Å²) in [6.45, 7) is 0.211. The van der Waals surface area contributed by atoms with Gasteiger partial charge in [0.1, 0.15) is 4.34 Å². The topological polar surface area (TPSA) is 57.6 Å². The maximum absolute atomic E-state index is 12.3. The first-order valence-corrected chi connectivity index (χ1v) is 7.04. The van der Waals surface area contributed by atoms with Crippen LogP contribution in [0.4, 0.5) is 0 Å². The number of halogens is 2. The minimum Gasteiger partial charge on any atom is -0.481 e. The number of amides is 1. The molecule has 0 atom stereocenters. The molecule has 1 aromatic heterocycles. The lowest BCUT2D eigenvalue weighted by atomic mass is 10.2. The standard InChI is InChI=1S/C11H11Cl2NO3S/c12-8-5-7(10(13)18-8)11(17)14(6-1-2-6)4-3-9(15)16/h5-6H,1-4H2,(H,15,16). The average Bonchev–Trinajstić information content (AvgIpc) is 3.04. The van der Waals surface area contributed by atoms with E-state index >= 15 is 0 Å². The minimum atomic E-state index is -0.914. The Balaban J connectivity index is 2.12. The van der Waals surface area contributed by atoms with Crippen molar-refractivity contribution in [2.45, 2.75) is 25.3 Å². The van der Waals surface area contributed by atoms with Gasteiger partial charge in [-0.2, -0.15) is 0 Å². The molecule has 1 heterocycles. The summed E-state index contributed by atoms with van der Waals surface area (Å²) < 4.78 is 0.809. The van der Waals surface area contributed by atoms with E-state index in [-0.39, 0.29) is 24.9 Å². The molecule has 0 bridgehead atoms. The number of hydrogen-bond acceptors (Lipinski definition) is 3. The monoisotopic (exact) mass is 307 g/mol. The molecule has 1 saturated carbocycles. The van der Waals surface area contributed by atoms with Crippen LogP contribution < -0.4 is 0 Å². The Morgan fingerprint density at radius 1 is 1.44 bits per heavy atom. The van der Waals surface area contributed by atoms with Crippen molar-refractivity contribution < 1.29 is 14.7 Å². The van der Waals surface area contributed by atoms with Gasteiger partial charge < -0.3 is 10.0 Å². The van der Waals surface area contributed by atoms with Crippen molar-refractivity contribution >= 4 is 46.4 Å². The number of thiophene rings is 1. The van der Waals surface area contributed by atoms with Crippen LogP contribution in [-0.4, -0.2) is 34.5 Å². The summed E-state index contributed by atoms with van der Waals surface area (Å²) in [6, 6.07) is 1.68. The van der Waals surface area contributed by atoms with Gasteiger partial charge in [0.15, 0.2) is 0 Å². The first-order valence-electron chi connectivity index (χ1n) is 5.46. The molecule has 0 spiro atoms. The van der Waals surface area contributed by atoms with E-state index < -0.39 is 5.97 Å². The number of carboxylic acid groups (broad SMARTS) is 1. The highest BCUT2D eigenvalue weighted by Crippen LogP contribution is 2.35. The number of carbonyl (C=O) groups is 2. The number of rotatable bonds is 5. The van der Waals surface area contributed by atoms with Crippen LogP contribution in [0.15, 0.2) is 6.07 Å². The highest BCUT2D eigenvalue weighted by molar-refractivity contribution is 7.20. The number of carbonyl (C=O) groups excluding carboxylic acids is 1. The largest absolute Gasteiger partial charge is 0.481 e. The molecule has 1 aromatic rings. The van der Waals surface area contributed by atoms with E-state index in [9.17, 15) is 9.59 Å². The Bertz CT molecular complexity index is 485. The molecule has 0 aliphatic heterocycles. The predicted molar refractivity (Wildman–Crippen MR) is 70.7 cm³/mol. The zero-order chi connectivity index (χ0) is 13.3. The highest BCUT2D eigenvalue weighted by atomic mass is 35.5. The van der Waals surface area contributed by atoms with E-state index in [4.69, 9.17) is 28.3 Å². The maximum atomic E-state index is 12.3. The van der Waals surface area contributed by atoms with Crippen LogP contribution in [0.5, 0.6) is 0 Å². The van der Waals surface area contributed by atoms with Gasteiger partial charge in [-0.25, -0.2) is 0 Å². The number of carboxylic acids is 1. The van der Waals surface area contributed by atoms with E-state index in [2.05, 4.69) is 0 Å². The first kappa shape index (κ1) is 13.6. The van der Waals surface area contributed by atoms with Gasteiger partial charge in [-0.1, -0.05) is 23.2 Å². The van der Waals surface area contributed by atoms with E-state index in [1.165, 1.54) is 6.07 Å². The summed E-state index contributed by atoms with van der Waals surface area (Å²) in [7, 11) is 0. The van der Waals surface area contributed by atoms with Crippen molar-refractivity contribution in [2.24, 2.45) is 0 Å². The molecular formula is C11H11Cl2NO3S. The highest BCUT2D eigenvalue weighted by Gasteiger charge is 2.34. The average molecular weight is 308 g/mol. The van der Waals surface area contributed by atoms with Gasteiger partial charge in [0, 0.05) is 12.6 Å². The molecule has 7 heteroatoms. The van der Waals surface area contributed by atoms with Crippen molar-refractivity contribution in [1.82, 2.24) is 4.90 Å². The second-order valence-electron chi connectivity index (χ2n) is 4.11. The second-order valence-corrected chi connectivity index (χ2v) is 6.40. The lowest BCUT2D eigenvalue weighted by Gasteiger charge is -2.21. The third kappa shape index (κ3) is 3.16. The van der Waals surface area contributed by atoms with E-state index in [1.807, 2.05) is 0 Å². The fourth-order valence-electron chi connectivity index (χ4n) is 1.69. The lowest BCUT2D eigenvalue weighted by molar-refractivity contribution is -0.137. The quantitative estimate of drug-likeness (QED) is 0.909. The third-order valence-corrected chi connectivity index (χ3v) is 4.19. The fourth-order valence-corrected chi connectivity index (χ4v) is 3.14. The molecule has 98 valence electrons. The Hall–Kier alpha value is -0.780. The molecule has 0 saturated heterocycles. The SMILES string of the molecule is O=C(O)CCN(C(=O)c1cc(Cl)sc1Cl)C1CC1. The molecule has 4 nitrogen and oxygen atoms in total. The molecule has 2 rings (SSSR count). The van der Waals surface area contributed by atoms with Gasteiger partial charge in [-0.15, -0.1) is 11.3 Å². The number of nitrogens with zero attached hydrogens (tertiary/aromatic N) is 1. The zero-order valence-corrected chi connectivity index (χ0v) is 11.7. The van der Waals surface area contributed by atoms with Gasteiger partial charge in [-0.3, -0.25) is 9.59 Å². The van der Waals surface area contributed by atoms with E-state index in [0.717, 1.165) is 24.2 Å². The van der Waals surface area contributed by atoms with Crippen molar-refractivity contribution in [3.8, 4) is 0 Å². The summed E-state index contributed by atoms with van der Waals surface area (Å²) >= 11 is 12.9. The summed E-state index contributed by atoms with van der Waals surface area (Å²) in [4.78, 5) is 24.4. The third-order valence-electron chi connectivity index (χ3n) is 2.70. The van der Waals surface area contributed by atoms with Crippen molar-refractivity contribution in [3.63, 3.8) is 0 Å². The molecule has 1 N–H and O–H groups in total. The van der Waals surface area contributed by atoms with Gasteiger partial charge in [0.25, 0.3) is 5.91 Å². The number of aliphatic carboxylic acids is 1. The molecule has 1 amide bonds. The van der Waals surface area contributed by atoms with Crippen LogP contribution in [0.3, 0.4) is 0 Å². The van der Waals surface area contributed by atoms with Gasteiger partial charge in [0.2, 0.25) is 0 Å². The van der Waals surface area contributed by atoms with E-state index in [1.54, 1.807) is 4.90 Å². The summed E-state index contributed by atoms with van der Waals surface area (Å²) in [5.41, 5.74) is 0.365. The molecule has 0 aromatic carbocycles. The van der Waals surface area contributed by atoms with Crippen LogP contribution in [-0.2, 0) is 4.79 Å². The summed E-state index contributed by atoms with van der Waals surface area (Å²) in [5, 5.41) is 8.69. The van der Waals surface area contributed by atoms with Gasteiger partial charge in [-0.05, 0) is 18.9 Å². The van der Waals surface area contributed by atoms with Crippen molar-refractivity contribution in [1.29, 1.82) is 0 Å². The zero-order valence-electron chi connectivity index (χ0n) is 9.36. The Labute approximate surface area is 118 Å². The van der Waals surface area contributed by atoms with Crippen LogP contribution in [0, 0.1) is 0 Å². The molecule has 0 unspecified atom stereocenters. The van der Waals surface area contributed by atoms with Crippen LogP contribution in [0.25, 0.3) is 0 Å². The van der Waals surface area contributed by atoms with Gasteiger partial charge in [0.05, 0.1) is 16.3 Å². The molecule has 1 aliphatic carbocycles. The molecule has 1 aliphatic rings. The molecule has 0 radical (unpaired) electrons. The van der Waals surface area contributed by atoms with E-state index in [0.29, 0.717) is 14.2 Å². The van der Waals surface area contributed by atoms with Crippen LogP contribution in [0.2, 0.25) is 8.67 Å². The normalized spacial score (nSPS) is 14.6. The molecule has 1 fully saturated rings. The van der Waals surface area contributed by atoms with Crippen molar-refractivity contribution in [2.75, 3.05) is 6.54 Å². The minimum absolute atomic E-state index is 0.0578. The van der Waals surface area contributed by atoms with Crippen LogP contribution in [0.1, 0.15) is 29.6 Å². The lowest BCUT2D eigenvalue weighted by Crippen LogP contribution is -2.34. The number of hydrogen-bond donors (Lipinski definition) is 1. The second kappa shape index (κ2) is 5.47.